The highest BCUT2D eigenvalue weighted by Crippen LogP contribution is 2.23. The Kier molecular flexibility index (Phi) is 2.21. The topological polar surface area (TPSA) is 43.1 Å². The molecule has 0 unspecified atom stereocenters. The van der Waals surface area contributed by atoms with Crippen LogP contribution in [0.5, 0.6) is 0 Å². The molecule has 4 nitrogen and oxygen atoms in total. The first kappa shape index (κ1) is 10.7. The predicted molar refractivity (Wildman–Crippen MR) is 66.1 cm³/mol. The second kappa shape index (κ2) is 3.52. The Morgan fingerprint density at radius 3 is 2.71 bits per heavy atom. The average molecular weight is 230 g/mol. The lowest BCUT2D eigenvalue weighted by Crippen LogP contribution is -2.14. The molecule has 90 valence electrons. The van der Waals surface area contributed by atoms with E-state index in [-0.39, 0.29) is 5.41 Å². The molecule has 0 fully saturated rings. The van der Waals surface area contributed by atoms with Crippen molar-refractivity contribution in [2.45, 2.75) is 51.9 Å². The van der Waals surface area contributed by atoms with Gasteiger partial charge in [-0.25, -0.2) is 9.50 Å². The molecule has 0 bridgehead atoms. The Labute approximate surface area is 101 Å². The number of aryl methyl sites for hydroxylation is 2. The van der Waals surface area contributed by atoms with Crippen molar-refractivity contribution in [2.75, 3.05) is 0 Å². The van der Waals surface area contributed by atoms with Crippen LogP contribution < -0.4 is 0 Å². The van der Waals surface area contributed by atoms with E-state index < -0.39 is 0 Å². The Bertz CT molecular complexity index is 563. The van der Waals surface area contributed by atoms with Gasteiger partial charge in [0.2, 0.25) is 0 Å². The van der Waals surface area contributed by atoms with Crippen molar-refractivity contribution in [3.8, 4) is 0 Å². The van der Waals surface area contributed by atoms with Crippen LogP contribution in [0.1, 0.15) is 50.7 Å². The van der Waals surface area contributed by atoms with Crippen LogP contribution in [-0.4, -0.2) is 19.6 Å². The van der Waals surface area contributed by atoms with Crippen LogP contribution in [0, 0.1) is 0 Å². The summed E-state index contributed by atoms with van der Waals surface area (Å²) in [6, 6.07) is 0. The molecular weight excluding hydrogens is 212 g/mol. The fraction of sp³-hybridized carbons (Fsp3) is 0.615. The summed E-state index contributed by atoms with van der Waals surface area (Å²) >= 11 is 0. The molecule has 0 spiro atoms. The minimum absolute atomic E-state index is 0.0186. The molecule has 4 heteroatoms. The average Bonchev–Trinajstić information content (AvgIpc) is 2.72. The maximum Gasteiger partial charge on any atom is 0.252 e. The molecule has 0 aromatic carbocycles. The molecule has 0 aliphatic heterocycles. The second-order valence-corrected chi connectivity index (χ2v) is 5.83. The number of rotatable bonds is 0. The van der Waals surface area contributed by atoms with Crippen LogP contribution in [0.2, 0.25) is 0 Å². The zero-order valence-corrected chi connectivity index (χ0v) is 10.7. The van der Waals surface area contributed by atoms with Gasteiger partial charge in [0.1, 0.15) is 0 Å². The summed E-state index contributed by atoms with van der Waals surface area (Å²) in [5.74, 6) is 1.62. The quantitative estimate of drug-likeness (QED) is 0.697. The number of hydrogen-bond donors (Lipinski definition) is 0. The molecule has 1 aliphatic rings. The van der Waals surface area contributed by atoms with E-state index in [0.717, 1.165) is 24.4 Å². The lowest BCUT2D eigenvalue weighted by Gasteiger charge is -2.15. The summed E-state index contributed by atoms with van der Waals surface area (Å²) in [6.45, 7) is 6.40. The molecule has 2 heterocycles. The van der Waals surface area contributed by atoms with Crippen molar-refractivity contribution in [1.82, 2.24) is 19.6 Å². The van der Waals surface area contributed by atoms with E-state index in [1.807, 2.05) is 10.7 Å². The lowest BCUT2D eigenvalue weighted by molar-refractivity contribution is 0.541. The van der Waals surface area contributed by atoms with E-state index in [4.69, 9.17) is 0 Å². The highest BCUT2D eigenvalue weighted by atomic mass is 15.3. The van der Waals surface area contributed by atoms with Crippen LogP contribution in [0.15, 0.2) is 6.20 Å². The summed E-state index contributed by atoms with van der Waals surface area (Å²) in [4.78, 5) is 8.95. The zero-order chi connectivity index (χ0) is 12.0. The first-order valence-corrected chi connectivity index (χ1v) is 6.30. The van der Waals surface area contributed by atoms with E-state index in [9.17, 15) is 0 Å². The maximum absolute atomic E-state index is 4.64. The Hall–Kier alpha value is -1.45. The van der Waals surface area contributed by atoms with Gasteiger partial charge in [-0.15, -0.1) is 5.10 Å². The van der Waals surface area contributed by atoms with E-state index >= 15 is 0 Å². The van der Waals surface area contributed by atoms with Crippen molar-refractivity contribution in [3.05, 3.63) is 23.3 Å². The van der Waals surface area contributed by atoms with Crippen molar-refractivity contribution in [1.29, 1.82) is 0 Å². The van der Waals surface area contributed by atoms with Gasteiger partial charge in [-0.2, -0.15) is 4.98 Å². The fourth-order valence-electron chi connectivity index (χ4n) is 2.32. The minimum atomic E-state index is -0.0186. The molecule has 1 aliphatic carbocycles. The molecule has 2 aromatic heterocycles. The third-order valence-electron chi connectivity index (χ3n) is 3.33. The fourth-order valence-corrected chi connectivity index (χ4v) is 2.32. The van der Waals surface area contributed by atoms with Gasteiger partial charge in [0.05, 0.1) is 5.69 Å². The van der Waals surface area contributed by atoms with Gasteiger partial charge < -0.3 is 0 Å². The monoisotopic (exact) mass is 230 g/mol. The van der Waals surface area contributed by atoms with Crippen LogP contribution in [-0.2, 0) is 18.3 Å². The van der Waals surface area contributed by atoms with Crippen LogP contribution in [0.4, 0.5) is 0 Å². The van der Waals surface area contributed by atoms with E-state index in [2.05, 4.69) is 35.8 Å². The Morgan fingerprint density at radius 2 is 1.94 bits per heavy atom. The Morgan fingerprint density at radius 1 is 1.18 bits per heavy atom. The first-order chi connectivity index (χ1) is 8.05. The highest BCUT2D eigenvalue weighted by Gasteiger charge is 2.22. The number of aromatic nitrogens is 4. The smallest absolute Gasteiger partial charge is 0.219 e. The van der Waals surface area contributed by atoms with Crippen LogP contribution in [0.3, 0.4) is 0 Å². The summed E-state index contributed by atoms with van der Waals surface area (Å²) in [6.07, 6.45) is 6.72. The first-order valence-electron chi connectivity index (χ1n) is 6.30. The van der Waals surface area contributed by atoms with E-state index in [1.165, 1.54) is 24.1 Å². The highest BCUT2D eigenvalue weighted by molar-refractivity contribution is 5.35. The standard InChI is InChI=1S/C13H18N4/c1-13(2,3)11-15-12-14-8-9-6-4-5-7-10(9)17(12)16-11/h8H,4-7H2,1-3H3. The molecule has 0 amide bonds. The van der Waals surface area contributed by atoms with Gasteiger partial charge >= 0.3 is 0 Å². The normalized spacial score (nSPS) is 16.2. The largest absolute Gasteiger partial charge is 0.252 e. The number of hydrogen-bond acceptors (Lipinski definition) is 3. The summed E-state index contributed by atoms with van der Waals surface area (Å²) in [5, 5.41) is 4.64. The summed E-state index contributed by atoms with van der Waals surface area (Å²) in [5.41, 5.74) is 2.63. The zero-order valence-electron chi connectivity index (χ0n) is 10.7. The molecule has 0 saturated carbocycles. The molecule has 0 saturated heterocycles. The second-order valence-electron chi connectivity index (χ2n) is 5.83. The molecule has 3 rings (SSSR count). The molecule has 2 aromatic rings. The number of fused-ring (bicyclic) bond motifs is 3. The molecule has 0 atom stereocenters. The summed E-state index contributed by atoms with van der Waals surface area (Å²) < 4.78 is 1.95. The van der Waals surface area contributed by atoms with Gasteiger partial charge in [-0.3, -0.25) is 0 Å². The third kappa shape index (κ3) is 1.72. The van der Waals surface area contributed by atoms with Crippen molar-refractivity contribution in [2.24, 2.45) is 0 Å². The van der Waals surface area contributed by atoms with Gasteiger partial charge in [-0.1, -0.05) is 20.8 Å². The summed E-state index contributed by atoms with van der Waals surface area (Å²) in [7, 11) is 0. The molecule has 0 radical (unpaired) electrons. The van der Waals surface area contributed by atoms with Crippen molar-refractivity contribution < 1.29 is 0 Å². The van der Waals surface area contributed by atoms with Crippen molar-refractivity contribution in [3.63, 3.8) is 0 Å². The number of nitrogens with zero attached hydrogens (tertiary/aromatic N) is 4. The SMILES string of the molecule is CC(C)(C)c1nc2ncc3c(n2n1)CCCC3. The maximum atomic E-state index is 4.64. The van der Waals surface area contributed by atoms with Crippen molar-refractivity contribution >= 4 is 5.78 Å². The van der Waals surface area contributed by atoms with Gasteiger partial charge in [0, 0.05) is 11.6 Å². The Balaban J connectivity index is 2.22. The van der Waals surface area contributed by atoms with E-state index in [1.54, 1.807) is 0 Å². The molecule has 17 heavy (non-hydrogen) atoms. The van der Waals surface area contributed by atoms with E-state index in [0.29, 0.717) is 0 Å². The molecule has 0 N–H and O–H groups in total. The third-order valence-corrected chi connectivity index (χ3v) is 3.33. The van der Waals surface area contributed by atoms with Gasteiger partial charge in [0.15, 0.2) is 5.82 Å². The molecular formula is C13H18N4. The van der Waals surface area contributed by atoms with Crippen LogP contribution >= 0.6 is 0 Å². The van der Waals surface area contributed by atoms with Gasteiger partial charge in [-0.05, 0) is 31.2 Å². The lowest BCUT2D eigenvalue weighted by atomic mass is 9.96. The van der Waals surface area contributed by atoms with Gasteiger partial charge in [0.25, 0.3) is 5.78 Å². The minimum Gasteiger partial charge on any atom is -0.219 e. The predicted octanol–water partition coefficient (Wildman–Crippen LogP) is 2.30. The van der Waals surface area contributed by atoms with Crippen LogP contribution in [0.25, 0.3) is 5.78 Å².